The third-order valence-electron chi connectivity index (χ3n) is 6.24. The minimum absolute atomic E-state index is 0.122. The minimum atomic E-state index is -0.535. The Bertz CT molecular complexity index is 1260. The van der Waals surface area contributed by atoms with Gasteiger partial charge in [0.2, 0.25) is 11.8 Å². The highest BCUT2D eigenvalue weighted by Crippen LogP contribution is 2.37. The summed E-state index contributed by atoms with van der Waals surface area (Å²) in [6, 6.07) is 8.02. The molecule has 1 atom stereocenters. The van der Waals surface area contributed by atoms with Crippen molar-refractivity contribution in [3.63, 3.8) is 0 Å². The van der Waals surface area contributed by atoms with Gasteiger partial charge in [0.25, 0.3) is 5.56 Å². The van der Waals surface area contributed by atoms with Crippen LogP contribution in [-0.2, 0) is 23.4 Å². The second-order valence-electron chi connectivity index (χ2n) is 8.98. The van der Waals surface area contributed by atoms with E-state index < -0.39 is 5.60 Å². The molecule has 1 unspecified atom stereocenters. The Kier molecular flexibility index (Phi) is 5.00. The van der Waals surface area contributed by atoms with Gasteiger partial charge in [-0.2, -0.15) is 5.10 Å². The number of hydrogen-bond donors (Lipinski definition) is 1. The van der Waals surface area contributed by atoms with Gasteiger partial charge in [-0.05, 0) is 39.7 Å². The number of fused-ring (bicyclic) bond motifs is 2. The standard InChI is InChI=1S/C23H29N7O2/c1-4-29-20-18(27-22(29)28-11-7-8-15(24)13-28)12-25-30(21(20)31)14-19-26-17-10-6-5-9-16(17)23(2,3)32-19/h5-6,9-10,12,15H,4,7-8,11,13-14,24H2,1-3H3. The Labute approximate surface area is 186 Å². The van der Waals surface area contributed by atoms with Crippen LogP contribution in [0.3, 0.4) is 0 Å². The highest BCUT2D eigenvalue weighted by molar-refractivity contribution is 5.83. The maximum atomic E-state index is 13.4. The van der Waals surface area contributed by atoms with E-state index in [1.807, 2.05) is 49.6 Å². The molecular formula is C23H29N7O2. The minimum Gasteiger partial charge on any atom is -0.468 e. The molecule has 2 aliphatic rings. The molecule has 0 aliphatic carbocycles. The molecule has 1 aromatic carbocycles. The molecule has 2 N–H and O–H groups in total. The van der Waals surface area contributed by atoms with E-state index in [2.05, 4.69) is 15.0 Å². The lowest BCUT2D eigenvalue weighted by Gasteiger charge is -2.32. The largest absolute Gasteiger partial charge is 0.468 e. The van der Waals surface area contributed by atoms with Crippen molar-refractivity contribution in [3.05, 3.63) is 46.4 Å². The lowest BCUT2D eigenvalue weighted by molar-refractivity contribution is 0.0842. The van der Waals surface area contributed by atoms with Crippen molar-refractivity contribution < 1.29 is 4.74 Å². The van der Waals surface area contributed by atoms with Gasteiger partial charge in [-0.3, -0.25) is 4.79 Å². The third kappa shape index (κ3) is 3.46. The molecule has 168 valence electrons. The van der Waals surface area contributed by atoms with E-state index in [1.54, 1.807) is 6.20 Å². The third-order valence-corrected chi connectivity index (χ3v) is 6.24. The summed E-state index contributed by atoms with van der Waals surface area (Å²) in [7, 11) is 0. The molecule has 0 bridgehead atoms. The summed E-state index contributed by atoms with van der Waals surface area (Å²) in [5.74, 6) is 1.25. The molecule has 1 fully saturated rings. The van der Waals surface area contributed by atoms with Crippen LogP contribution in [0.5, 0.6) is 0 Å². The Morgan fingerprint density at radius 3 is 2.88 bits per heavy atom. The van der Waals surface area contributed by atoms with Gasteiger partial charge in [-0.15, -0.1) is 0 Å². The van der Waals surface area contributed by atoms with Gasteiger partial charge in [0.15, 0.2) is 0 Å². The van der Waals surface area contributed by atoms with Crippen molar-refractivity contribution >= 4 is 28.6 Å². The number of para-hydroxylation sites is 1. The van der Waals surface area contributed by atoms with Crippen molar-refractivity contribution in [2.24, 2.45) is 10.7 Å². The predicted octanol–water partition coefficient (Wildman–Crippen LogP) is 2.54. The maximum Gasteiger partial charge on any atom is 0.293 e. The number of imidazole rings is 1. The number of nitrogens with zero attached hydrogens (tertiary/aromatic N) is 6. The Hall–Kier alpha value is -3.20. The molecule has 0 saturated carbocycles. The summed E-state index contributed by atoms with van der Waals surface area (Å²) >= 11 is 0. The summed E-state index contributed by atoms with van der Waals surface area (Å²) in [5, 5.41) is 4.38. The first-order chi connectivity index (χ1) is 15.4. The topological polar surface area (TPSA) is 104 Å². The fourth-order valence-electron chi connectivity index (χ4n) is 4.70. The van der Waals surface area contributed by atoms with Crippen LogP contribution >= 0.6 is 0 Å². The Morgan fingerprint density at radius 2 is 2.09 bits per heavy atom. The first kappa shape index (κ1) is 20.7. The quantitative estimate of drug-likeness (QED) is 0.675. The predicted molar refractivity (Wildman–Crippen MR) is 125 cm³/mol. The summed E-state index contributed by atoms with van der Waals surface area (Å²) in [6.45, 7) is 8.44. The zero-order valence-electron chi connectivity index (χ0n) is 18.8. The van der Waals surface area contributed by atoms with E-state index in [4.69, 9.17) is 15.5 Å². The molecule has 5 rings (SSSR count). The highest BCUT2D eigenvalue weighted by Gasteiger charge is 2.31. The van der Waals surface area contributed by atoms with Crippen molar-refractivity contribution in [3.8, 4) is 0 Å². The Morgan fingerprint density at radius 1 is 1.28 bits per heavy atom. The van der Waals surface area contributed by atoms with E-state index in [1.165, 1.54) is 4.68 Å². The molecule has 2 aromatic heterocycles. The van der Waals surface area contributed by atoms with Crippen LogP contribution in [0.1, 0.15) is 39.2 Å². The fraction of sp³-hybridized carbons (Fsp3) is 0.478. The SMILES string of the molecule is CCn1c(N2CCCC(N)C2)nc2cnn(CC3=Nc4ccccc4C(C)(C)O3)c(=O)c21. The second-order valence-corrected chi connectivity index (χ2v) is 8.98. The number of anilines is 1. The Balaban J connectivity index is 1.53. The summed E-state index contributed by atoms with van der Waals surface area (Å²) in [6.07, 6.45) is 3.68. The second kappa shape index (κ2) is 7.74. The molecule has 9 heteroatoms. The average molecular weight is 436 g/mol. The van der Waals surface area contributed by atoms with Gasteiger partial charge in [-0.25, -0.2) is 14.7 Å². The molecule has 0 amide bonds. The summed E-state index contributed by atoms with van der Waals surface area (Å²) in [4.78, 5) is 25.0. The van der Waals surface area contributed by atoms with Gasteiger partial charge < -0.3 is 19.9 Å². The number of ether oxygens (including phenoxy) is 1. The lowest BCUT2D eigenvalue weighted by atomic mass is 9.95. The molecule has 0 radical (unpaired) electrons. The van der Waals surface area contributed by atoms with Gasteiger partial charge in [0.1, 0.15) is 23.2 Å². The number of aliphatic imine (C=N–C) groups is 1. The number of aromatic nitrogens is 4. The van der Waals surface area contributed by atoms with Crippen molar-refractivity contribution in [2.75, 3.05) is 18.0 Å². The first-order valence-electron chi connectivity index (χ1n) is 11.2. The van der Waals surface area contributed by atoms with E-state index in [0.717, 1.165) is 43.1 Å². The molecule has 4 heterocycles. The number of benzene rings is 1. The summed E-state index contributed by atoms with van der Waals surface area (Å²) < 4.78 is 9.52. The van der Waals surface area contributed by atoms with Crippen LogP contribution in [0, 0.1) is 0 Å². The first-order valence-corrected chi connectivity index (χ1v) is 11.2. The monoisotopic (exact) mass is 435 g/mol. The van der Waals surface area contributed by atoms with Gasteiger partial charge in [0.05, 0.1) is 11.9 Å². The van der Waals surface area contributed by atoms with Gasteiger partial charge in [0, 0.05) is 31.2 Å². The molecule has 0 spiro atoms. The number of piperidine rings is 1. The normalized spacial score (nSPS) is 20.1. The van der Waals surface area contributed by atoms with E-state index in [0.29, 0.717) is 23.5 Å². The number of nitrogens with two attached hydrogens (primary N) is 1. The van der Waals surface area contributed by atoms with Crippen LogP contribution in [0.15, 0.2) is 40.2 Å². The average Bonchev–Trinajstić information content (AvgIpc) is 3.15. The lowest BCUT2D eigenvalue weighted by Crippen LogP contribution is -2.44. The number of hydrogen-bond acceptors (Lipinski definition) is 7. The highest BCUT2D eigenvalue weighted by atomic mass is 16.5. The van der Waals surface area contributed by atoms with Crippen molar-refractivity contribution in [2.45, 2.75) is 58.3 Å². The van der Waals surface area contributed by atoms with E-state index in [-0.39, 0.29) is 18.1 Å². The maximum absolute atomic E-state index is 13.4. The molecule has 9 nitrogen and oxygen atoms in total. The molecule has 32 heavy (non-hydrogen) atoms. The number of rotatable bonds is 4. The molecule has 2 aliphatic heterocycles. The van der Waals surface area contributed by atoms with Crippen LogP contribution in [0.4, 0.5) is 11.6 Å². The number of aryl methyl sites for hydroxylation is 1. The van der Waals surface area contributed by atoms with Crippen LogP contribution < -0.4 is 16.2 Å². The van der Waals surface area contributed by atoms with Gasteiger partial charge in [-0.1, -0.05) is 18.2 Å². The van der Waals surface area contributed by atoms with Crippen LogP contribution in [-0.4, -0.2) is 44.4 Å². The van der Waals surface area contributed by atoms with E-state index >= 15 is 0 Å². The zero-order valence-corrected chi connectivity index (χ0v) is 18.8. The zero-order chi connectivity index (χ0) is 22.5. The summed E-state index contributed by atoms with van der Waals surface area (Å²) in [5.41, 5.74) is 8.47. The molecule has 3 aromatic rings. The van der Waals surface area contributed by atoms with Crippen LogP contribution in [0.2, 0.25) is 0 Å². The smallest absolute Gasteiger partial charge is 0.293 e. The van der Waals surface area contributed by atoms with Crippen molar-refractivity contribution in [1.29, 1.82) is 0 Å². The van der Waals surface area contributed by atoms with Crippen LogP contribution in [0.25, 0.3) is 11.0 Å². The van der Waals surface area contributed by atoms with E-state index in [9.17, 15) is 4.79 Å². The van der Waals surface area contributed by atoms with Gasteiger partial charge >= 0.3 is 0 Å². The van der Waals surface area contributed by atoms with Crippen molar-refractivity contribution in [1.82, 2.24) is 19.3 Å². The molecular weight excluding hydrogens is 406 g/mol. The fourth-order valence-corrected chi connectivity index (χ4v) is 4.70. The molecule has 1 saturated heterocycles.